The van der Waals surface area contributed by atoms with Gasteiger partial charge in [0.25, 0.3) is 0 Å². The van der Waals surface area contributed by atoms with E-state index in [1.165, 1.54) is 37.0 Å². The van der Waals surface area contributed by atoms with Crippen molar-refractivity contribution in [1.29, 1.82) is 0 Å². The van der Waals surface area contributed by atoms with Crippen LogP contribution < -0.4 is 5.32 Å². The number of amides is 1. The molecule has 2 fully saturated rings. The summed E-state index contributed by atoms with van der Waals surface area (Å²) < 4.78 is 0. The quantitative estimate of drug-likeness (QED) is 0.560. The second-order valence-electron chi connectivity index (χ2n) is 10.0. The van der Waals surface area contributed by atoms with Gasteiger partial charge in [-0.25, -0.2) is 9.97 Å². The van der Waals surface area contributed by atoms with Gasteiger partial charge in [-0.05, 0) is 84.0 Å². The van der Waals surface area contributed by atoms with Crippen molar-refractivity contribution >= 4 is 28.2 Å². The highest BCUT2D eigenvalue weighted by Crippen LogP contribution is 2.26. The highest BCUT2D eigenvalue weighted by Gasteiger charge is 2.29. The van der Waals surface area contributed by atoms with Crippen LogP contribution in [0.3, 0.4) is 0 Å². The molecule has 2 aromatic heterocycles. The highest BCUT2D eigenvalue weighted by molar-refractivity contribution is 7.15. The standard InChI is InChI=1S/C26H39N5OS/c1-19(2)31(23-9-5-4-6-10-23)25(32)18-30-14-12-21(13-15-30)16-22-8-7-11-24(28-22)29-26-27-17-20(3)33-26/h7-8,11,17,19,21,23H,4-6,9-10,12-16,18H2,1-3H3,(H,27,28,29). The third-order valence-corrected chi connectivity index (χ3v) is 7.87. The number of nitrogens with one attached hydrogen (secondary N) is 1. The smallest absolute Gasteiger partial charge is 0.237 e. The molecule has 0 spiro atoms. The Bertz CT molecular complexity index is 900. The van der Waals surface area contributed by atoms with Gasteiger partial charge in [-0.2, -0.15) is 0 Å². The summed E-state index contributed by atoms with van der Waals surface area (Å²) in [6.45, 7) is 8.98. The summed E-state index contributed by atoms with van der Waals surface area (Å²) >= 11 is 1.64. The number of likely N-dealkylation sites (tertiary alicyclic amines) is 1. The number of nitrogens with zero attached hydrogens (tertiary/aromatic N) is 4. The molecular weight excluding hydrogens is 430 g/mol. The number of carbonyl (C=O) groups is 1. The maximum absolute atomic E-state index is 13.2. The summed E-state index contributed by atoms with van der Waals surface area (Å²) in [6, 6.07) is 6.94. The summed E-state index contributed by atoms with van der Waals surface area (Å²) in [7, 11) is 0. The van der Waals surface area contributed by atoms with Crippen molar-refractivity contribution in [2.75, 3.05) is 25.0 Å². The average Bonchev–Trinajstić information content (AvgIpc) is 3.20. The minimum atomic E-state index is 0.290. The Balaban J connectivity index is 1.26. The zero-order valence-electron chi connectivity index (χ0n) is 20.4. The van der Waals surface area contributed by atoms with Gasteiger partial charge in [0.1, 0.15) is 5.82 Å². The van der Waals surface area contributed by atoms with Crippen LogP contribution in [0.4, 0.5) is 10.9 Å². The minimum absolute atomic E-state index is 0.290. The zero-order valence-corrected chi connectivity index (χ0v) is 21.2. The molecule has 33 heavy (non-hydrogen) atoms. The van der Waals surface area contributed by atoms with E-state index >= 15 is 0 Å². The van der Waals surface area contributed by atoms with E-state index in [0.717, 1.165) is 49.0 Å². The van der Waals surface area contributed by atoms with Gasteiger partial charge in [0, 0.05) is 28.9 Å². The molecular formula is C26H39N5OS. The lowest BCUT2D eigenvalue weighted by Gasteiger charge is -2.39. The van der Waals surface area contributed by atoms with Crippen molar-refractivity contribution in [3.63, 3.8) is 0 Å². The number of aromatic nitrogens is 2. The van der Waals surface area contributed by atoms with E-state index in [1.807, 2.05) is 12.3 Å². The number of carbonyl (C=O) groups excluding carboxylic acids is 1. The molecule has 7 heteroatoms. The summed E-state index contributed by atoms with van der Waals surface area (Å²) in [5, 5.41) is 4.21. The molecule has 0 atom stereocenters. The van der Waals surface area contributed by atoms with E-state index < -0.39 is 0 Å². The van der Waals surface area contributed by atoms with E-state index in [2.05, 4.69) is 53.0 Å². The van der Waals surface area contributed by atoms with Gasteiger partial charge in [0.15, 0.2) is 5.13 Å². The largest absolute Gasteiger partial charge is 0.336 e. The molecule has 180 valence electrons. The Morgan fingerprint density at radius 3 is 2.61 bits per heavy atom. The third-order valence-electron chi connectivity index (χ3n) is 7.04. The summed E-state index contributed by atoms with van der Waals surface area (Å²) in [4.78, 5) is 28.1. The fourth-order valence-corrected chi connectivity index (χ4v) is 6.05. The fourth-order valence-electron chi connectivity index (χ4n) is 5.37. The van der Waals surface area contributed by atoms with Crippen molar-refractivity contribution < 1.29 is 4.79 Å². The summed E-state index contributed by atoms with van der Waals surface area (Å²) in [5.41, 5.74) is 1.13. The van der Waals surface area contributed by atoms with Gasteiger partial charge in [-0.1, -0.05) is 25.3 Å². The molecule has 4 rings (SSSR count). The fraction of sp³-hybridized carbons (Fsp3) is 0.654. The van der Waals surface area contributed by atoms with Crippen molar-refractivity contribution in [2.45, 2.75) is 84.2 Å². The zero-order chi connectivity index (χ0) is 23.2. The van der Waals surface area contributed by atoms with E-state index in [4.69, 9.17) is 4.98 Å². The van der Waals surface area contributed by atoms with Crippen LogP contribution in [0.2, 0.25) is 0 Å². The molecule has 1 aliphatic heterocycles. The first-order valence-electron chi connectivity index (χ1n) is 12.7. The number of thiazole rings is 1. The maximum atomic E-state index is 13.2. The molecule has 1 saturated heterocycles. The van der Waals surface area contributed by atoms with Gasteiger partial charge >= 0.3 is 0 Å². The van der Waals surface area contributed by atoms with Crippen LogP contribution >= 0.6 is 11.3 Å². The topological polar surface area (TPSA) is 61.4 Å². The molecule has 0 aromatic carbocycles. The Morgan fingerprint density at radius 2 is 1.94 bits per heavy atom. The predicted molar refractivity (Wildman–Crippen MR) is 136 cm³/mol. The minimum Gasteiger partial charge on any atom is -0.336 e. The van der Waals surface area contributed by atoms with Gasteiger partial charge in [-0.3, -0.25) is 9.69 Å². The van der Waals surface area contributed by atoms with Gasteiger partial charge in [0.05, 0.1) is 6.54 Å². The van der Waals surface area contributed by atoms with Crippen LogP contribution in [0.1, 0.15) is 69.4 Å². The van der Waals surface area contributed by atoms with Crippen LogP contribution in [0, 0.1) is 12.8 Å². The van der Waals surface area contributed by atoms with E-state index in [9.17, 15) is 4.79 Å². The van der Waals surface area contributed by atoms with Crippen molar-refractivity contribution in [1.82, 2.24) is 19.8 Å². The first-order chi connectivity index (χ1) is 16.0. The number of hydrogen-bond donors (Lipinski definition) is 1. The molecule has 1 aliphatic carbocycles. The molecule has 1 saturated carbocycles. The lowest BCUT2D eigenvalue weighted by molar-refractivity contribution is -0.137. The number of anilines is 2. The highest BCUT2D eigenvalue weighted by atomic mass is 32.1. The lowest BCUT2D eigenvalue weighted by atomic mass is 9.91. The second kappa shape index (κ2) is 11.4. The molecule has 3 heterocycles. The number of hydrogen-bond acceptors (Lipinski definition) is 6. The second-order valence-corrected chi connectivity index (χ2v) is 11.3. The number of piperidine rings is 1. The molecule has 6 nitrogen and oxygen atoms in total. The summed E-state index contributed by atoms with van der Waals surface area (Å²) in [5.74, 6) is 1.82. The van der Waals surface area contributed by atoms with Crippen molar-refractivity contribution in [3.8, 4) is 0 Å². The van der Waals surface area contributed by atoms with Crippen LogP contribution in [-0.2, 0) is 11.2 Å². The van der Waals surface area contributed by atoms with Gasteiger partial charge < -0.3 is 10.2 Å². The van der Waals surface area contributed by atoms with Gasteiger partial charge in [0.2, 0.25) is 5.91 Å². The third kappa shape index (κ3) is 6.76. The Labute approximate surface area is 202 Å². The van der Waals surface area contributed by atoms with Gasteiger partial charge in [-0.15, -0.1) is 11.3 Å². The van der Waals surface area contributed by atoms with Crippen molar-refractivity contribution in [2.24, 2.45) is 5.92 Å². The first-order valence-corrected chi connectivity index (χ1v) is 13.5. The van der Waals surface area contributed by atoms with Crippen LogP contribution in [0.15, 0.2) is 24.4 Å². The van der Waals surface area contributed by atoms with Crippen LogP contribution in [0.5, 0.6) is 0 Å². The molecule has 2 aliphatic rings. The van der Waals surface area contributed by atoms with Crippen molar-refractivity contribution in [3.05, 3.63) is 35.0 Å². The van der Waals surface area contributed by atoms with E-state index in [0.29, 0.717) is 30.5 Å². The average molecular weight is 470 g/mol. The summed E-state index contributed by atoms with van der Waals surface area (Å²) in [6.07, 6.45) is 11.3. The molecule has 0 unspecified atom stereocenters. The Kier molecular flexibility index (Phi) is 8.36. The van der Waals surface area contributed by atoms with Crippen LogP contribution in [0.25, 0.3) is 0 Å². The Hall–Kier alpha value is -1.99. The Morgan fingerprint density at radius 1 is 1.18 bits per heavy atom. The monoisotopic (exact) mass is 469 g/mol. The first kappa shape index (κ1) is 24.1. The molecule has 0 bridgehead atoms. The predicted octanol–water partition coefficient (Wildman–Crippen LogP) is 5.41. The molecule has 1 N–H and O–H groups in total. The maximum Gasteiger partial charge on any atom is 0.237 e. The normalized spacial score (nSPS) is 18.5. The molecule has 2 aromatic rings. The number of pyridine rings is 1. The van der Waals surface area contributed by atoms with E-state index in [1.54, 1.807) is 11.3 Å². The SMILES string of the molecule is Cc1cnc(Nc2cccc(CC3CCN(CC(=O)N(C(C)C)C4CCCCC4)CC3)n2)s1. The molecule has 1 amide bonds. The van der Waals surface area contributed by atoms with Crippen LogP contribution in [-0.4, -0.2) is 57.4 Å². The number of aryl methyl sites for hydroxylation is 1. The number of rotatable bonds is 8. The van der Waals surface area contributed by atoms with E-state index in [-0.39, 0.29) is 0 Å². The molecule has 0 radical (unpaired) electrons. The lowest BCUT2D eigenvalue weighted by Crippen LogP contribution is -2.50.